The fourth-order valence-corrected chi connectivity index (χ4v) is 1.61. The average Bonchev–Trinajstić information content (AvgIpc) is 2.35. The molecule has 4 nitrogen and oxygen atoms in total. The first kappa shape index (κ1) is 10.9. The molecule has 1 heterocycles. The van der Waals surface area contributed by atoms with E-state index in [1.807, 2.05) is 30.3 Å². The van der Waals surface area contributed by atoms with Gasteiger partial charge in [0, 0.05) is 18.0 Å². The van der Waals surface area contributed by atoms with Crippen molar-refractivity contribution in [3.63, 3.8) is 0 Å². The molecule has 4 heteroatoms. The minimum Gasteiger partial charge on any atom is -0.475 e. The molecule has 0 fully saturated rings. The van der Waals surface area contributed by atoms with Crippen LogP contribution in [0.3, 0.4) is 0 Å². The summed E-state index contributed by atoms with van der Waals surface area (Å²) in [4.78, 5) is 4.33. The van der Waals surface area contributed by atoms with Crippen LogP contribution in [-0.2, 0) is 6.54 Å². The maximum Gasteiger partial charge on any atom is 0.214 e. The van der Waals surface area contributed by atoms with Crippen LogP contribution in [0.4, 0.5) is 0 Å². The van der Waals surface area contributed by atoms with Gasteiger partial charge in [0.2, 0.25) is 5.88 Å². The largest absolute Gasteiger partial charge is 0.475 e. The van der Waals surface area contributed by atoms with Gasteiger partial charge in [-0.2, -0.15) is 0 Å². The summed E-state index contributed by atoms with van der Waals surface area (Å²) in [5.74, 6) is 0.508. The predicted molar refractivity (Wildman–Crippen MR) is 62.2 cm³/mol. The predicted octanol–water partition coefficient (Wildman–Crippen LogP) is 1.06. The first-order chi connectivity index (χ1) is 7.85. The van der Waals surface area contributed by atoms with E-state index in [1.54, 1.807) is 0 Å². The zero-order valence-corrected chi connectivity index (χ0v) is 8.89. The number of nitrogens with zero attached hydrogens (tertiary/aromatic N) is 1. The van der Waals surface area contributed by atoms with Gasteiger partial charge in [-0.15, -0.1) is 0 Å². The molecular weight excluding hydrogens is 204 g/mol. The van der Waals surface area contributed by atoms with Gasteiger partial charge in [0.15, 0.2) is 0 Å². The van der Waals surface area contributed by atoms with Gasteiger partial charge in [0.25, 0.3) is 0 Å². The molecule has 0 unspecified atom stereocenters. The number of ether oxygens (including phenoxy) is 1. The van der Waals surface area contributed by atoms with Crippen LogP contribution in [0.15, 0.2) is 30.3 Å². The SMILES string of the molecule is NCc1cc(OCCO)nc2ccccc12. The molecule has 2 aromatic rings. The third kappa shape index (κ3) is 2.13. The van der Waals surface area contributed by atoms with Crippen LogP contribution in [0.1, 0.15) is 5.56 Å². The Balaban J connectivity index is 2.46. The van der Waals surface area contributed by atoms with E-state index in [0.717, 1.165) is 16.5 Å². The van der Waals surface area contributed by atoms with E-state index < -0.39 is 0 Å². The van der Waals surface area contributed by atoms with Gasteiger partial charge >= 0.3 is 0 Å². The molecule has 0 atom stereocenters. The summed E-state index contributed by atoms with van der Waals surface area (Å²) < 4.78 is 5.29. The Labute approximate surface area is 93.7 Å². The Morgan fingerprint density at radius 3 is 2.88 bits per heavy atom. The third-order valence-electron chi connectivity index (χ3n) is 2.34. The highest BCUT2D eigenvalue weighted by Crippen LogP contribution is 2.21. The Bertz CT molecular complexity index is 485. The smallest absolute Gasteiger partial charge is 0.214 e. The number of aliphatic hydroxyl groups excluding tert-OH is 1. The van der Waals surface area contributed by atoms with Crippen molar-refractivity contribution in [3.05, 3.63) is 35.9 Å². The molecule has 0 spiro atoms. The topological polar surface area (TPSA) is 68.4 Å². The lowest BCUT2D eigenvalue weighted by Gasteiger charge is -2.08. The molecule has 0 saturated carbocycles. The fraction of sp³-hybridized carbons (Fsp3) is 0.250. The molecule has 0 saturated heterocycles. The number of hydrogen-bond donors (Lipinski definition) is 2. The van der Waals surface area contributed by atoms with Crippen molar-refractivity contribution < 1.29 is 9.84 Å². The summed E-state index contributed by atoms with van der Waals surface area (Å²) in [6.45, 7) is 0.667. The average molecular weight is 218 g/mol. The van der Waals surface area contributed by atoms with Gasteiger partial charge in [0.1, 0.15) is 6.61 Å². The summed E-state index contributed by atoms with van der Waals surface area (Å²) in [5.41, 5.74) is 7.54. The van der Waals surface area contributed by atoms with Crippen LogP contribution in [0.2, 0.25) is 0 Å². The van der Waals surface area contributed by atoms with Crippen molar-refractivity contribution in [1.29, 1.82) is 0 Å². The number of para-hydroxylation sites is 1. The Kier molecular flexibility index (Phi) is 3.34. The molecule has 0 bridgehead atoms. The maximum atomic E-state index is 8.69. The van der Waals surface area contributed by atoms with E-state index in [0.29, 0.717) is 12.4 Å². The van der Waals surface area contributed by atoms with E-state index in [2.05, 4.69) is 4.98 Å². The van der Waals surface area contributed by atoms with E-state index in [1.165, 1.54) is 0 Å². The zero-order chi connectivity index (χ0) is 11.4. The number of nitrogens with two attached hydrogens (primary N) is 1. The number of hydrogen-bond acceptors (Lipinski definition) is 4. The van der Waals surface area contributed by atoms with Gasteiger partial charge in [-0.1, -0.05) is 18.2 Å². The molecule has 2 rings (SSSR count). The van der Waals surface area contributed by atoms with Gasteiger partial charge in [-0.3, -0.25) is 0 Å². The molecule has 1 aromatic carbocycles. The highest BCUT2D eigenvalue weighted by molar-refractivity contribution is 5.82. The van der Waals surface area contributed by atoms with E-state index in [4.69, 9.17) is 15.6 Å². The van der Waals surface area contributed by atoms with Crippen LogP contribution in [0.5, 0.6) is 5.88 Å². The summed E-state index contributed by atoms with van der Waals surface area (Å²) >= 11 is 0. The molecule has 0 radical (unpaired) electrons. The first-order valence-electron chi connectivity index (χ1n) is 5.17. The lowest BCUT2D eigenvalue weighted by Crippen LogP contribution is -2.05. The monoisotopic (exact) mass is 218 g/mol. The molecule has 0 aliphatic heterocycles. The molecule has 1 aromatic heterocycles. The van der Waals surface area contributed by atoms with Gasteiger partial charge in [0.05, 0.1) is 12.1 Å². The number of aromatic nitrogens is 1. The summed E-state index contributed by atoms with van der Waals surface area (Å²) in [5, 5.41) is 9.73. The minimum absolute atomic E-state index is 0.0214. The normalized spacial score (nSPS) is 10.6. The molecule has 0 aliphatic rings. The molecule has 84 valence electrons. The molecule has 0 amide bonds. The van der Waals surface area contributed by atoms with Crippen molar-refractivity contribution in [3.8, 4) is 5.88 Å². The lowest BCUT2D eigenvalue weighted by molar-refractivity contribution is 0.197. The van der Waals surface area contributed by atoms with Crippen molar-refractivity contribution in [2.45, 2.75) is 6.54 Å². The van der Waals surface area contributed by atoms with Crippen molar-refractivity contribution in [2.75, 3.05) is 13.2 Å². The third-order valence-corrected chi connectivity index (χ3v) is 2.34. The van der Waals surface area contributed by atoms with Crippen LogP contribution in [0.25, 0.3) is 10.9 Å². The molecule has 3 N–H and O–H groups in total. The number of pyridine rings is 1. The number of benzene rings is 1. The van der Waals surface area contributed by atoms with Crippen LogP contribution in [-0.4, -0.2) is 23.3 Å². The molecule has 16 heavy (non-hydrogen) atoms. The molecule has 0 aliphatic carbocycles. The zero-order valence-electron chi connectivity index (χ0n) is 8.89. The van der Waals surface area contributed by atoms with Crippen molar-refractivity contribution in [2.24, 2.45) is 5.73 Å². The molecular formula is C12H14N2O2. The lowest BCUT2D eigenvalue weighted by atomic mass is 10.1. The summed E-state index contributed by atoms with van der Waals surface area (Å²) in [6, 6.07) is 9.60. The Morgan fingerprint density at radius 2 is 2.12 bits per heavy atom. The highest BCUT2D eigenvalue weighted by Gasteiger charge is 2.04. The maximum absolute atomic E-state index is 8.69. The standard InChI is InChI=1S/C12H14N2O2/c13-8-9-7-12(16-6-5-15)14-11-4-2-1-3-10(9)11/h1-4,7,15H,5-6,8,13H2. The second kappa shape index (κ2) is 4.92. The van der Waals surface area contributed by atoms with Crippen LogP contribution < -0.4 is 10.5 Å². The quantitative estimate of drug-likeness (QED) is 0.805. The van der Waals surface area contributed by atoms with E-state index in [9.17, 15) is 0 Å². The van der Waals surface area contributed by atoms with Crippen LogP contribution in [0, 0.1) is 0 Å². The number of aliphatic hydroxyl groups is 1. The van der Waals surface area contributed by atoms with Gasteiger partial charge in [-0.05, 0) is 11.6 Å². The minimum atomic E-state index is -0.0214. The summed E-state index contributed by atoms with van der Waals surface area (Å²) in [6.07, 6.45) is 0. The Morgan fingerprint density at radius 1 is 1.31 bits per heavy atom. The van der Waals surface area contributed by atoms with Crippen LogP contribution >= 0.6 is 0 Å². The van der Waals surface area contributed by atoms with Gasteiger partial charge in [-0.25, -0.2) is 4.98 Å². The Hall–Kier alpha value is -1.65. The summed E-state index contributed by atoms with van der Waals surface area (Å²) in [7, 11) is 0. The number of fused-ring (bicyclic) bond motifs is 1. The second-order valence-corrected chi connectivity index (χ2v) is 3.41. The van der Waals surface area contributed by atoms with E-state index in [-0.39, 0.29) is 13.2 Å². The first-order valence-corrected chi connectivity index (χ1v) is 5.17. The van der Waals surface area contributed by atoms with Gasteiger partial charge < -0.3 is 15.6 Å². The highest BCUT2D eigenvalue weighted by atomic mass is 16.5. The second-order valence-electron chi connectivity index (χ2n) is 3.41. The van der Waals surface area contributed by atoms with Crippen molar-refractivity contribution in [1.82, 2.24) is 4.98 Å². The number of rotatable bonds is 4. The fourth-order valence-electron chi connectivity index (χ4n) is 1.61. The van der Waals surface area contributed by atoms with E-state index >= 15 is 0 Å². The van der Waals surface area contributed by atoms with Crippen molar-refractivity contribution >= 4 is 10.9 Å².